The van der Waals surface area contributed by atoms with Crippen LogP contribution < -0.4 is 11.1 Å². The van der Waals surface area contributed by atoms with E-state index in [9.17, 15) is 37.1 Å². The number of urea groups is 1. The zero-order chi connectivity index (χ0) is 44.7. The third-order valence-corrected chi connectivity index (χ3v) is 13.9. The molecule has 7 rings (SSSR count). The number of nitrogen functional groups attached to an aromatic ring is 1. The molecule has 0 spiro atoms. The number of para-hydroxylation sites is 1. The van der Waals surface area contributed by atoms with Gasteiger partial charge in [-0.25, -0.2) is 9.59 Å². The van der Waals surface area contributed by atoms with Gasteiger partial charge in [-0.1, -0.05) is 29.8 Å². The summed E-state index contributed by atoms with van der Waals surface area (Å²) in [5.74, 6) is 0.177. The van der Waals surface area contributed by atoms with Crippen LogP contribution in [0.15, 0.2) is 36.4 Å². The van der Waals surface area contributed by atoms with Gasteiger partial charge in [-0.2, -0.15) is 13.2 Å². The second-order valence-electron chi connectivity index (χ2n) is 17.5. The molecular formula is C45H59ClF3N7O7. The minimum atomic E-state index is -4.79. The molecule has 0 radical (unpaired) electrons. The molecule has 2 aromatic rings. The summed E-state index contributed by atoms with van der Waals surface area (Å²) < 4.78 is 53.2. The number of likely N-dealkylation sites (tertiary alicyclic amines) is 4. The number of nitrogens with one attached hydrogen (secondary N) is 1. The van der Waals surface area contributed by atoms with E-state index in [0.717, 1.165) is 68.9 Å². The molecule has 5 heterocycles. The number of piperidine rings is 4. The first-order valence-electron chi connectivity index (χ1n) is 22.4. The average molecular weight is 902 g/mol. The van der Waals surface area contributed by atoms with Crippen LogP contribution in [0.2, 0.25) is 5.02 Å². The van der Waals surface area contributed by atoms with Crippen molar-refractivity contribution in [1.29, 1.82) is 0 Å². The highest BCUT2D eigenvalue weighted by Gasteiger charge is 2.39. The van der Waals surface area contributed by atoms with E-state index in [-0.39, 0.29) is 67.1 Å². The standard InChI is InChI=1S/C45H59ClF3N7O7/c46-36-28-30(27-35(41(36)50)45(47,48)49)29-38(63-44(61)55-22-13-34(14-23-55)56-24-12-33-5-1-2-6-37(33)51-43(56)60)42(59)54-20-10-32(11-21-54)31-8-17-52(18-9-31)19-15-40(58)62-26-25-53-16-4-3-7-39(53)57/h1-2,5-6,27-28,31-32,34,38H,3-4,7-26,29,50H2,(H,51,60)/t38-/m1/s1. The van der Waals surface area contributed by atoms with Gasteiger partial charge >= 0.3 is 24.3 Å². The van der Waals surface area contributed by atoms with Crippen LogP contribution in [0, 0.1) is 11.8 Å². The fourth-order valence-electron chi connectivity index (χ4n) is 9.85. The van der Waals surface area contributed by atoms with Gasteiger partial charge in [0.05, 0.1) is 29.2 Å². The highest BCUT2D eigenvalue weighted by Crippen LogP contribution is 2.39. The minimum absolute atomic E-state index is 0.0587. The van der Waals surface area contributed by atoms with Crippen molar-refractivity contribution in [3.8, 4) is 0 Å². The molecule has 0 aliphatic carbocycles. The Morgan fingerprint density at radius 1 is 0.841 bits per heavy atom. The first-order valence-corrected chi connectivity index (χ1v) is 22.8. The van der Waals surface area contributed by atoms with Crippen LogP contribution in [0.3, 0.4) is 0 Å². The second-order valence-corrected chi connectivity index (χ2v) is 17.9. The van der Waals surface area contributed by atoms with E-state index in [1.807, 2.05) is 24.3 Å². The Kier molecular flexibility index (Phi) is 15.3. The first-order chi connectivity index (χ1) is 30.2. The summed E-state index contributed by atoms with van der Waals surface area (Å²) in [5.41, 5.74) is 5.84. The molecule has 18 heteroatoms. The Balaban J connectivity index is 0.907. The quantitative estimate of drug-likeness (QED) is 0.181. The lowest BCUT2D eigenvalue weighted by molar-refractivity contribution is -0.146. The van der Waals surface area contributed by atoms with Crippen molar-refractivity contribution in [2.75, 3.05) is 83.1 Å². The van der Waals surface area contributed by atoms with Gasteiger partial charge in [0.1, 0.15) is 6.61 Å². The molecule has 4 saturated heterocycles. The number of amides is 5. The molecule has 344 valence electrons. The van der Waals surface area contributed by atoms with Gasteiger partial charge in [0.25, 0.3) is 5.91 Å². The number of esters is 1. The number of carbonyl (C=O) groups excluding carboxylic acids is 5. The van der Waals surface area contributed by atoms with E-state index >= 15 is 0 Å². The fourth-order valence-corrected chi connectivity index (χ4v) is 10.1. The summed E-state index contributed by atoms with van der Waals surface area (Å²) in [6.07, 6.45) is 0.487. The third kappa shape index (κ3) is 11.9. The molecular weight excluding hydrogens is 843 g/mol. The van der Waals surface area contributed by atoms with Crippen LogP contribution in [-0.4, -0.2) is 139 Å². The number of ether oxygens (including phenoxy) is 2. The number of halogens is 4. The van der Waals surface area contributed by atoms with Gasteiger partial charge in [-0.3, -0.25) is 14.4 Å². The summed E-state index contributed by atoms with van der Waals surface area (Å²) in [4.78, 5) is 74.5. The SMILES string of the molecule is Nc1c(Cl)cc(C[C@@H](OC(=O)N2CCC(N3CCc4ccccc4NC3=O)CC2)C(=O)N2CCC(C3CCN(CCC(=O)OCCN4CCCCC4=O)CC3)CC2)cc1C(F)(F)F. The number of nitrogens with two attached hydrogens (primary N) is 1. The molecule has 0 bridgehead atoms. The molecule has 2 aromatic carbocycles. The largest absolute Gasteiger partial charge is 0.464 e. The highest BCUT2D eigenvalue weighted by molar-refractivity contribution is 6.33. The Morgan fingerprint density at radius 3 is 2.22 bits per heavy atom. The van der Waals surface area contributed by atoms with Crippen molar-refractivity contribution < 1.29 is 46.6 Å². The number of fused-ring (bicyclic) bond motifs is 1. The van der Waals surface area contributed by atoms with Crippen LogP contribution in [0.25, 0.3) is 0 Å². The summed E-state index contributed by atoms with van der Waals surface area (Å²) >= 11 is 6.16. The highest BCUT2D eigenvalue weighted by atomic mass is 35.5. The summed E-state index contributed by atoms with van der Waals surface area (Å²) in [7, 11) is 0. The lowest BCUT2D eigenvalue weighted by Crippen LogP contribution is -2.52. The van der Waals surface area contributed by atoms with Crippen LogP contribution in [0.1, 0.15) is 80.9 Å². The molecule has 5 aliphatic rings. The fraction of sp³-hybridized carbons (Fsp3) is 0.622. The van der Waals surface area contributed by atoms with E-state index in [4.69, 9.17) is 26.8 Å². The van der Waals surface area contributed by atoms with Crippen LogP contribution in [-0.2, 0) is 42.9 Å². The number of anilines is 2. The Hall–Kier alpha value is -4.77. The predicted octanol–water partition coefficient (Wildman–Crippen LogP) is 6.44. The summed E-state index contributed by atoms with van der Waals surface area (Å²) in [5, 5.41) is 2.68. The van der Waals surface area contributed by atoms with Gasteiger partial charge in [0.2, 0.25) is 5.91 Å². The lowest BCUT2D eigenvalue weighted by Gasteiger charge is -2.41. The van der Waals surface area contributed by atoms with Crippen molar-refractivity contribution in [3.05, 3.63) is 58.1 Å². The minimum Gasteiger partial charge on any atom is -0.464 e. The van der Waals surface area contributed by atoms with Crippen LogP contribution >= 0.6 is 11.6 Å². The molecule has 0 aromatic heterocycles. The van der Waals surface area contributed by atoms with Crippen molar-refractivity contribution in [3.63, 3.8) is 0 Å². The van der Waals surface area contributed by atoms with Crippen molar-refractivity contribution in [1.82, 2.24) is 24.5 Å². The van der Waals surface area contributed by atoms with Gasteiger partial charge < -0.3 is 45.0 Å². The van der Waals surface area contributed by atoms with Crippen molar-refractivity contribution in [2.24, 2.45) is 11.8 Å². The monoisotopic (exact) mass is 901 g/mol. The maximum atomic E-state index is 14.2. The molecule has 0 saturated carbocycles. The van der Waals surface area contributed by atoms with Gasteiger partial charge in [0.15, 0.2) is 6.10 Å². The van der Waals surface area contributed by atoms with Crippen LogP contribution in [0.5, 0.6) is 0 Å². The topological polar surface area (TPSA) is 158 Å². The molecule has 4 fully saturated rings. The van der Waals surface area contributed by atoms with E-state index < -0.39 is 35.5 Å². The number of alkyl halides is 3. The van der Waals surface area contributed by atoms with E-state index in [1.165, 1.54) is 11.0 Å². The van der Waals surface area contributed by atoms with E-state index in [2.05, 4.69) is 10.2 Å². The first kappa shape index (κ1) is 46.2. The Labute approximate surface area is 371 Å². The molecule has 5 aliphatic heterocycles. The Morgan fingerprint density at radius 2 is 1.52 bits per heavy atom. The zero-order valence-electron chi connectivity index (χ0n) is 35.7. The lowest BCUT2D eigenvalue weighted by atomic mass is 9.78. The van der Waals surface area contributed by atoms with Gasteiger partial charge in [-0.15, -0.1) is 0 Å². The van der Waals surface area contributed by atoms with Crippen LogP contribution in [0.4, 0.5) is 34.1 Å². The maximum Gasteiger partial charge on any atom is 0.418 e. The number of hydrogen-bond donors (Lipinski definition) is 2. The van der Waals surface area contributed by atoms with Crippen molar-refractivity contribution >= 4 is 52.9 Å². The molecule has 0 unspecified atom stereocenters. The molecule has 63 heavy (non-hydrogen) atoms. The smallest absolute Gasteiger partial charge is 0.418 e. The summed E-state index contributed by atoms with van der Waals surface area (Å²) in [6.45, 7) is 5.54. The van der Waals surface area contributed by atoms with Gasteiger partial charge in [-0.05, 0) is 112 Å². The third-order valence-electron chi connectivity index (χ3n) is 13.6. The molecule has 3 N–H and O–H groups in total. The summed E-state index contributed by atoms with van der Waals surface area (Å²) in [6, 6.07) is 9.48. The number of benzene rings is 2. The van der Waals surface area contributed by atoms with E-state index in [0.29, 0.717) is 76.8 Å². The number of hydrogen-bond acceptors (Lipinski definition) is 9. The number of rotatable bonds is 12. The Bertz CT molecular complexity index is 1970. The second kappa shape index (κ2) is 20.8. The predicted molar refractivity (Wildman–Crippen MR) is 230 cm³/mol. The van der Waals surface area contributed by atoms with Gasteiger partial charge in [0, 0.05) is 70.4 Å². The number of nitrogens with zero attached hydrogens (tertiary/aromatic N) is 5. The average Bonchev–Trinajstić information content (AvgIpc) is 3.44. The zero-order valence-corrected chi connectivity index (χ0v) is 36.5. The van der Waals surface area contributed by atoms with Crippen molar-refractivity contribution in [2.45, 2.75) is 95.4 Å². The molecule has 5 amide bonds. The molecule has 14 nitrogen and oxygen atoms in total. The normalized spacial score (nSPS) is 20.5. The molecule has 1 atom stereocenters. The number of carbonyl (C=O) groups is 5. The maximum absolute atomic E-state index is 14.2. The van der Waals surface area contributed by atoms with E-state index in [1.54, 1.807) is 14.7 Å².